The lowest BCUT2D eigenvalue weighted by Crippen LogP contribution is -2.31. The standard InChI is InChI=1S/C16H17Cl3N4OS/c1-7(2)14-20-8(3)12(16(21-14)25-4)15(24)23-22-13-10(18)5-9(17)6-11(13)19/h5-7,22H,1-4H3,(H,23,24). The van der Waals surface area contributed by atoms with Crippen LogP contribution < -0.4 is 10.9 Å². The fourth-order valence-corrected chi connectivity index (χ4v) is 3.62. The summed E-state index contributed by atoms with van der Waals surface area (Å²) in [5, 5.41) is 1.62. The minimum absolute atomic E-state index is 0.173. The number of rotatable bonds is 5. The summed E-state index contributed by atoms with van der Waals surface area (Å²) in [4.78, 5) is 21.5. The molecule has 25 heavy (non-hydrogen) atoms. The van der Waals surface area contributed by atoms with E-state index in [-0.39, 0.29) is 11.8 Å². The number of nitrogens with one attached hydrogen (secondary N) is 2. The fraction of sp³-hybridized carbons (Fsp3) is 0.312. The molecule has 0 fully saturated rings. The molecule has 2 N–H and O–H groups in total. The lowest BCUT2D eigenvalue weighted by Gasteiger charge is -2.15. The molecular weight excluding hydrogens is 403 g/mol. The van der Waals surface area contributed by atoms with Gasteiger partial charge in [-0.3, -0.25) is 15.6 Å². The van der Waals surface area contributed by atoms with E-state index in [1.807, 2.05) is 20.1 Å². The maximum Gasteiger partial charge on any atom is 0.274 e. The van der Waals surface area contributed by atoms with E-state index >= 15 is 0 Å². The first-order valence-electron chi connectivity index (χ1n) is 7.38. The summed E-state index contributed by atoms with van der Waals surface area (Å²) in [6.07, 6.45) is 1.86. The number of benzene rings is 1. The van der Waals surface area contributed by atoms with Crippen molar-refractivity contribution in [2.75, 3.05) is 11.7 Å². The van der Waals surface area contributed by atoms with Gasteiger partial charge in [-0.2, -0.15) is 0 Å². The van der Waals surface area contributed by atoms with Gasteiger partial charge in [0.15, 0.2) is 0 Å². The number of aromatic nitrogens is 2. The first kappa shape index (κ1) is 20.1. The second-order valence-electron chi connectivity index (χ2n) is 5.53. The molecule has 9 heteroatoms. The van der Waals surface area contributed by atoms with Gasteiger partial charge in [0.1, 0.15) is 10.9 Å². The molecular formula is C16H17Cl3N4OS. The summed E-state index contributed by atoms with van der Waals surface area (Å²) >= 11 is 19.5. The van der Waals surface area contributed by atoms with Crippen LogP contribution in [0.25, 0.3) is 0 Å². The zero-order chi connectivity index (χ0) is 18.7. The zero-order valence-corrected chi connectivity index (χ0v) is 17.2. The second kappa shape index (κ2) is 8.45. The number of hydrogen-bond acceptors (Lipinski definition) is 5. The van der Waals surface area contributed by atoms with E-state index in [4.69, 9.17) is 34.8 Å². The highest BCUT2D eigenvalue weighted by atomic mass is 35.5. The summed E-state index contributed by atoms with van der Waals surface area (Å²) in [6.45, 7) is 5.79. The Hall–Kier alpha value is -1.21. The summed E-state index contributed by atoms with van der Waals surface area (Å²) in [5.74, 6) is 0.501. The minimum atomic E-state index is -0.376. The first-order valence-corrected chi connectivity index (χ1v) is 9.73. The molecule has 0 aliphatic rings. The van der Waals surface area contributed by atoms with Crippen LogP contribution in [0.3, 0.4) is 0 Å². The van der Waals surface area contributed by atoms with Crippen LogP contribution in [-0.2, 0) is 0 Å². The average Bonchev–Trinajstić information content (AvgIpc) is 2.52. The highest BCUT2D eigenvalue weighted by molar-refractivity contribution is 7.98. The smallest absolute Gasteiger partial charge is 0.274 e. The normalized spacial score (nSPS) is 10.9. The SMILES string of the molecule is CSc1nc(C(C)C)nc(C)c1C(=O)NNc1c(Cl)cc(Cl)cc1Cl. The molecule has 2 aromatic rings. The molecule has 1 aromatic carbocycles. The third-order valence-corrected chi connectivity index (χ3v) is 4.82. The van der Waals surface area contributed by atoms with Crippen LogP contribution in [0.5, 0.6) is 0 Å². The molecule has 0 bridgehead atoms. The van der Waals surface area contributed by atoms with Crippen molar-refractivity contribution in [3.05, 3.63) is 44.3 Å². The number of aryl methyl sites for hydroxylation is 1. The van der Waals surface area contributed by atoms with Gasteiger partial charge >= 0.3 is 0 Å². The number of carbonyl (C=O) groups excluding carboxylic acids is 1. The van der Waals surface area contributed by atoms with Crippen LogP contribution in [0.1, 0.15) is 41.6 Å². The summed E-state index contributed by atoms with van der Waals surface area (Å²) < 4.78 is 0. The third-order valence-electron chi connectivity index (χ3n) is 3.32. The highest BCUT2D eigenvalue weighted by Crippen LogP contribution is 2.33. The highest BCUT2D eigenvalue weighted by Gasteiger charge is 2.20. The van der Waals surface area contributed by atoms with Crippen LogP contribution in [-0.4, -0.2) is 22.1 Å². The summed E-state index contributed by atoms with van der Waals surface area (Å²) in [7, 11) is 0. The Balaban J connectivity index is 2.27. The van der Waals surface area contributed by atoms with E-state index in [2.05, 4.69) is 20.8 Å². The van der Waals surface area contributed by atoms with E-state index in [9.17, 15) is 4.79 Å². The lowest BCUT2D eigenvalue weighted by molar-refractivity contribution is 0.0957. The van der Waals surface area contributed by atoms with E-state index in [0.717, 1.165) is 0 Å². The molecule has 0 radical (unpaired) electrons. The van der Waals surface area contributed by atoms with Crippen molar-refractivity contribution in [2.45, 2.75) is 31.7 Å². The Bertz CT molecular complexity index is 791. The average molecular weight is 420 g/mol. The third kappa shape index (κ3) is 4.70. The predicted octanol–water partition coefficient (Wildman–Crippen LogP) is 5.35. The maximum absolute atomic E-state index is 12.6. The molecule has 5 nitrogen and oxygen atoms in total. The number of halogens is 3. The Kier molecular flexibility index (Phi) is 6.79. The van der Waals surface area contributed by atoms with Crippen molar-refractivity contribution in [3.63, 3.8) is 0 Å². The molecule has 0 aliphatic heterocycles. The van der Waals surface area contributed by atoms with Crippen molar-refractivity contribution in [2.24, 2.45) is 0 Å². The van der Waals surface area contributed by atoms with Gasteiger partial charge in [-0.25, -0.2) is 9.97 Å². The Labute approximate surface area is 165 Å². The molecule has 0 saturated carbocycles. The Morgan fingerprint density at radius 3 is 2.28 bits per heavy atom. The van der Waals surface area contributed by atoms with Gasteiger partial charge in [-0.1, -0.05) is 48.7 Å². The number of hydrogen-bond donors (Lipinski definition) is 2. The number of hydrazine groups is 1. The summed E-state index contributed by atoms with van der Waals surface area (Å²) in [5.41, 5.74) is 6.70. The van der Waals surface area contributed by atoms with Gasteiger partial charge in [0.25, 0.3) is 5.91 Å². The number of thioether (sulfide) groups is 1. The van der Waals surface area contributed by atoms with Gasteiger partial charge in [0.05, 0.1) is 27.0 Å². The molecule has 0 unspecified atom stereocenters. The van der Waals surface area contributed by atoms with E-state index in [1.165, 1.54) is 23.9 Å². The Morgan fingerprint density at radius 1 is 1.16 bits per heavy atom. The zero-order valence-electron chi connectivity index (χ0n) is 14.1. The van der Waals surface area contributed by atoms with Gasteiger partial charge in [0.2, 0.25) is 0 Å². The Morgan fingerprint density at radius 2 is 1.76 bits per heavy atom. The summed E-state index contributed by atoms with van der Waals surface area (Å²) in [6, 6.07) is 3.06. The van der Waals surface area contributed by atoms with Gasteiger partial charge in [0, 0.05) is 10.9 Å². The number of anilines is 1. The quantitative estimate of drug-likeness (QED) is 0.388. The van der Waals surface area contributed by atoms with Crippen LogP contribution in [0.15, 0.2) is 17.2 Å². The molecule has 1 amide bonds. The number of carbonyl (C=O) groups is 1. The van der Waals surface area contributed by atoms with Crippen LogP contribution >= 0.6 is 46.6 Å². The lowest BCUT2D eigenvalue weighted by atomic mass is 10.1. The van der Waals surface area contributed by atoms with Crippen LogP contribution in [0, 0.1) is 6.92 Å². The van der Waals surface area contributed by atoms with Crippen molar-refractivity contribution in [1.82, 2.24) is 15.4 Å². The monoisotopic (exact) mass is 418 g/mol. The molecule has 0 saturated heterocycles. The van der Waals surface area contributed by atoms with E-state index < -0.39 is 0 Å². The maximum atomic E-state index is 12.6. The molecule has 2 rings (SSSR count). The topological polar surface area (TPSA) is 66.9 Å². The van der Waals surface area contributed by atoms with E-state index in [0.29, 0.717) is 42.9 Å². The number of nitrogens with zero attached hydrogens (tertiary/aromatic N) is 2. The van der Waals surface area contributed by atoms with Gasteiger partial charge in [-0.15, -0.1) is 11.8 Å². The fourth-order valence-electron chi connectivity index (χ4n) is 2.08. The minimum Gasteiger partial charge on any atom is -0.295 e. The molecule has 1 heterocycles. The van der Waals surface area contributed by atoms with Crippen molar-refractivity contribution < 1.29 is 4.79 Å². The van der Waals surface area contributed by atoms with Crippen molar-refractivity contribution in [1.29, 1.82) is 0 Å². The first-order chi connectivity index (χ1) is 11.7. The van der Waals surface area contributed by atoms with Crippen LogP contribution in [0.2, 0.25) is 15.1 Å². The number of amides is 1. The molecule has 0 spiro atoms. The van der Waals surface area contributed by atoms with Gasteiger partial charge in [-0.05, 0) is 25.3 Å². The predicted molar refractivity (Wildman–Crippen MR) is 105 cm³/mol. The molecule has 0 atom stereocenters. The largest absolute Gasteiger partial charge is 0.295 e. The van der Waals surface area contributed by atoms with E-state index in [1.54, 1.807) is 6.92 Å². The van der Waals surface area contributed by atoms with Crippen LogP contribution in [0.4, 0.5) is 5.69 Å². The molecule has 1 aromatic heterocycles. The van der Waals surface area contributed by atoms with Crippen molar-refractivity contribution in [3.8, 4) is 0 Å². The second-order valence-corrected chi connectivity index (χ2v) is 7.58. The molecule has 134 valence electrons. The van der Waals surface area contributed by atoms with Gasteiger partial charge < -0.3 is 0 Å². The molecule has 0 aliphatic carbocycles. The van der Waals surface area contributed by atoms with Crippen molar-refractivity contribution >= 4 is 58.2 Å².